The van der Waals surface area contributed by atoms with Crippen LogP contribution in [0.5, 0.6) is 0 Å². The van der Waals surface area contributed by atoms with Crippen LogP contribution in [-0.4, -0.2) is 35.3 Å². The van der Waals surface area contributed by atoms with E-state index < -0.39 is 0 Å². The van der Waals surface area contributed by atoms with Crippen molar-refractivity contribution in [2.75, 3.05) is 13.3 Å². The lowest BCUT2D eigenvalue weighted by Gasteiger charge is -2.19. The van der Waals surface area contributed by atoms with Crippen LogP contribution < -0.4 is 0 Å². The van der Waals surface area contributed by atoms with Crippen LogP contribution in [0.3, 0.4) is 0 Å². The molecule has 23 heavy (non-hydrogen) atoms. The molecule has 1 aromatic carbocycles. The van der Waals surface area contributed by atoms with Crippen LogP contribution in [0.2, 0.25) is 0 Å². The van der Waals surface area contributed by atoms with E-state index in [4.69, 9.17) is 4.74 Å². The summed E-state index contributed by atoms with van der Waals surface area (Å²) < 4.78 is 5.24. The van der Waals surface area contributed by atoms with Crippen molar-refractivity contribution in [1.29, 1.82) is 0 Å². The van der Waals surface area contributed by atoms with Crippen LogP contribution in [0, 0.1) is 0 Å². The lowest BCUT2D eigenvalue weighted by Crippen LogP contribution is -2.28. The van der Waals surface area contributed by atoms with E-state index in [0.717, 1.165) is 11.1 Å². The van der Waals surface area contributed by atoms with Gasteiger partial charge in [0.05, 0.1) is 13.3 Å². The summed E-state index contributed by atoms with van der Waals surface area (Å²) in [4.78, 5) is 25.9. The third-order valence-electron chi connectivity index (χ3n) is 3.27. The molecule has 0 atom stereocenters. The Morgan fingerprint density at radius 1 is 1.35 bits per heavy atom. The quantitative estimate of drug-likeness (QED) is 0.432. The van der Waals surface area contributed by atoms with Gasteiger partial charge in [-0.2, -0.15) is 0 Å². The molecule has 5 nitrogen and oxygen atoms in total. The lowest BCUT2D eigenvalue weighted by molar-refractivity contribution is -0.126. The minimum atomic E-state index is 0. The molecular formula is C17H21BrN2O3. The summed E-state index contributed by atoms with van der Waals surface area (Å²) >= 11 is 0. The summed E-state index contributed by atoms with van der Waals surface area (Å²) in [5.41, 5.74) is 2.02. The van der Waals surface area contributed by atoms with E-state index in [-0.39, 0.29) is 22.9 Å². The minimum Gasteiger partial charge on any atom is -0.490 e. The molecule has 1 aromatic rings. The van der Waals surface area contributed by atoms with Crippen molar-refractivity contribution in [1.82, 2.24) is 9.80 Å². The predicted octanol–water partition coefficient (Wildman–Crippen LogP) is 2.93. The number of halogens is 1. The van der Waals surface area contributed by atoms with Gasteiger partial charge in [-0.25, -0.2) is 0 Å². The number of carbonyl (C=O) groups excluding carboxylic acids is 2. The average molecular weight is 381 g/mol. The van der Waals surface area contributed by atoms with Crippen LogP contribution in [0.25, 0.3) is 6.08 Å². The average Bonchev–Trinajstić information content (AvgIpc) is 2.96. The molecular weight excluding hydrogens is 360 g/mol. The van der Waals surface area contributed by atoms with Gasteiger partial charge in [-0.3, -0.25) is 14.5 Å². The molecule has 0 aliphatic carbocycles. The summed E-state index contributed by atoms with van der Waals surface area (Å²) in [6.07, 6.45) is 6.12. The van der Waals surface area contributed by atoms with Crippen LogP contribution in [-0.2, 0) is 20.9 Å². The van der Waals surface area contributed by atoms with E-state index in [1.165, 1.54) is 0 Å². The number of rotatable bonds is 6. The second-order valence-electron chi connectivity index (χ2n) is 5.02. The Kier molecular flexibility index (Phi) is 7.54. The molecule has 0 fully saturated rings. The Balaban J connectivity index is 0.00000264. The number of hydrogen-bond donors (Lipinski definition) is 0. The highest BCUT2D eigenvalue weighted by molar-refractivity contribution is 8.93. The molecule has 1 amide bonds. The Morgan fingerprint density at radius 2 is 2.13 bits per heavy atom. The summed E-state index contributed by atoms with van der Waals surface area (Å²) in [7, 11) is 0. The highest BCUT2D eigenvalue weighted by atomic mass is 79.9. The van der Waals surface area contributed by atoms with E-state index in [0.29, 0.717) is 31.9 Å². The summed E-state index contributed by atoms with van der Waals surface area (Å²) in [6.45, 7) is 5.12. The Labute approximate surface area is 147 Å². The zero-order valence-corrected chi connectivity index (χ0v) is 15.0. The maximum absolute atomic E-state index is 11.3. The van der Waals surface area contributed by atoms with Gasteiger partial charge < -0.3 is 9.64 Å². The molecule has 124 valence electrons. The first-order valence-corrected chi connectivity index (χ1v) is 7.20. The molecule has 0 unspecified atom stereocenters. The number of allylic oxidation sites excluding steroid dienone is 1. The number of carbonyl (C=O) groups is 2. The first-order chi connectivity index (χ1) is 10.6. The molecule has 0 bridgehead atoms. The number of aldehydes is 1. The highest BCUT2D eigenvalue weighted by Crippen LogP contribution is 2.15. The van der Waals surface area contributed by atoms with Crippen LogP contribution >= 0.6 is 17.0 Å². The Bertz CT molecular complexity index is 614. The first-order valence-electron chi connectivity index (χ1n) is 7.20. The normalized spacial score (nSPS) is 13.7. The third-order valence-corrected chi connectivity index (χ3v) is 3.27. The number of amides is 1. The molecule has 0 aromatic heterocycles. The zero-order valence-electron chi connectivity index (χ0n) is 13.3. The number of ether oxygens (including phenoxy) is 1. The molecule has 1 aliphatic rings. The molecule has 0 radical (unpaired) electrons. The van der Waals surface area contributed by atoms with Gasteiger partial charge in [-0.1, -0.05) is 18.2 Å². The van der Waals surface area contributed by atoms with Crippen molar-refractivity contribution in [2.45, 2.75) is 20.4 Å². The van der Waals surface area contributed by atoms with Crippen molar-refractivity contribution < 1.29 is 14.3 Å². The molecule has 1 aliphatic heterocycles. The van der Waals surface area contributed by atoms with Crippen molar-refractivity contribution >= 4 is 35.3 Å². The van der Waals surface area contributed by atoms with E-state index in [1.54, 1.807) is 24.1 Å². The SMILES string of the molecule is Br.CCOC(C=O)=Cc1cccc(CN2C=CN(C(C)=O)C2)c1. The standard InChI is InChI=1S/C17H20N2O3.BrH/c1-3-22-17(12-20)10-15-5-4-6-16(9-15)11-18-7-8-19(13-18)14(2)21;/h4-10,12H,3,11,13H2,1-2H3;1H. The smallest absolute Gasteiger partial charge is 0.224 e. The largest absolute Gasteiger partial charge is 0.490 e. The van der Waals surface area contributed by atoms with Gasteiger partial charge in [-0.15, -0.1) is 17.0 Å². The van der Waals surface area contributed by atoms with Gasteiger partial charge in [-0.05, 0) is 30.2 Å². The topological polar surface area (TPSA) is 49.9 Å². The monoisotopic (exact) mass is 380 g/mol. The van der Waals surface area contributed by atoms with Gasteiger partial charge in [0.15, 0.2) is 12.0 Å². The Hall–Kier alpha value is -2.08. The zero-order chi connectivity index (χ0) is 15.9. The molecule has 6 heteroatoms. The Morgan fingerprint density at radius 3 is 2.74 bits per heavy atom. The molecule has 0 spiro atoms. The summed E-state index contributed by atoms with van der Waals surface area (Å²) in [5, 5.41) is 0. The second-order valence-corrected chi connectivity index (χ2v) is 5.02. The maximum atomic E-state index is 11.3. The third kappa shape index (κ3) is 5.56. The van der Waals surface area contributed by atoms with Gasteiger partial charge in [0.1, 0.15) is 0 Å². The van der Waals surface area contributed by atoms with Crippen molar-refractivity contribution in [2.24, 2.45) is 0 Å². The van der Waals surface area contributed by atoms with Gasteiger partial charge in [0.2, 0.25) is 5.91 Å². The number of benzene rings is 1. The van der Waals surface area contributed by atoms with Crippen LogP contribution in [0.1, 0.15) is 25.0 Å². The summed E-state index contributed by atoms with van der Waals surface area (Å²) in [6, 6.07) is 7.89. The number of hydrogen-bond acceptors (Lipinski definition) is 4. The molecule has 0 N–H and O–H groups in total. The fourth-order valence-electron chi connectivity index (χ4n) is 2.23. The molecule has 1 heterocycles. The van der Waals surface area contributed by atoms with Crippen LogP contribution in [0.15, 0.2) is 42.4 Å². The fraction of sp³-hybridized carbons (Fsp3) is 0.294. The minimum absolute atomic E-state index is 0. The van der Waals surface area contributed by atoms with E-state index >= 15 is 0 Å². The molecule has 0 saturated carbocycles. The fourth-order valence-corrected chi connectivity index (χ4v) is 2.23. The van der Waals surface area contributed by atoms with Gasteiger partial charge in [0.25, 0.3) is 0 Å². The molecule has 0 saturated heterocycles. The van der Waals surface area contributed by atoms with Gasteiger partial charge in [0, 0.05) is 25.9 Å². The van der Waals surface area contributed by atoms with Crippen molar-refractivity contribution in [3.63, 3.8) is 0 Å². The van der Waals surface area contributed by atoms with E-state index in [9.17, 15) is 9.59 Å². The lowest BCUT2D eigenvalue weighted by atomic mass is 10.1. The first kappa shape index (κ1) is 19.0. The van der Waals surface area contributed by atoms with Crippen molar-refractivity contribution in [3.8, 4) is 0 Å². The molecule has 2 rings (SSSR count). The van der Waals surface area contributed by atoms with Crippen LogP contribution in [0.4, 0.5) is 0 Å². The van der Waals surface area contributed by atoms with E-state index in [1.807, 2.05) is 42.3 Å². The number of nitrogens with zero attached hydrogens (tertiary/aromatic N) is 2. The predicted molar refractivity (Wildman–Crippen MR) is 94.5 cm³/mol. The van der Waals surface area contributed by atoms with E-state index in [2.05, 4.69) is 0 Å². The maximum Gasteiger partial charge on any atom is 0.224 e. The highest BCUT2D eigenvalue weighted by Gasteiger charge is 2.15. The van der Waals surface area contributed by atoms with Gasteiger partial charge >= 0.3 is 0 Å². The van der Waals surface area contributed by atoms with Crippen molar-refractivity contribution in [3.05, 3.63) is 53.6 Å². The second kappa shape index (κ2) is 9.15. The summed E-state index contributed by atoms with van der Waals surface area (Å²) in [5.74, 6) is 0.353.